The Labute approximate surface area is 271 Å². The van der Waals surface area contributed by atoms with Crippen LogP contribution in [0.5, 0.6) is 0 Å². The van der Waals surface area contributed by atoms with Gasteiger partial charge < -0.3 is 0 Å². The zero-order chi connectivity index (χ0) is 30.9. The van der Waals surface area contributed by atoms with Crippen LogP contribution in [0.25, 0.3) is 94.6 Å². The fourth-order valence-electron chi connectivity index (χ4n) is 7.41. The Morgan fingerprint density at radius 1 is 0.362 bits per heavy atom. The molecule has 9 aromatic rings. The van der Waals surface area contributed by atoms with Crippen molar-refractivity contribution in [2.45, 2.75) is 0 Å². The maximum absolute atomic E-state index is 5.10. The molecule has 2 heterocycles. The highest BCUT2D eigenvalue weighted by Crippen LogP contribution is 2.53. The first-order valence-electron chi connectivity index (χ1n) is 15.9. The summed E-state index contributed by atoms with van der Waals surface area (Å²) in [6.07, 6.45) is 2.22. The van der Waals surface area contributed by atoms with Crippen molar-refractivity contribution in [1.29, 1.82) is 0 Å². The minimum Gasteiger partial charge on any atom is -0.285 e. The number of aromatic nitrogens is 4. The fourth-order valence-corrected chi connectivity index (χ4v) is 7.41. The Morgan fingerprint density at radius 3 is 1.47 bits per heavy atom. The van der Waals surface area contributed by atoms with E-state index in [0.717, 1.165) is 16.6 Å². The highest BCUT2D eigenvalue weighted by atomic mass is 15.2. The van der Waals surface area contributed by atoms with Gasteiger partial charge in [-0.25, -0.2) is 4.98 Å². The van der Waals surface area contributed by atoms with Gasteiger partial charge in [0, 0.05) is 28.3 Å². The summed E-state index contributed by atoms with van der Waals surface area (Å²) < 4.78 is 2.15. The van der Waals surface area contributed by atoms with Crippen molar-refractivity contribution < 1.29 is 0 Å². The molecule has 4 heteroatoms. The van der Waals surface area contributed by atoms with Crippen molar-refractivity contribution in [3.05, 3.63) is 158 Å². The van der Waals surface area contributed by atoms with Crippen LogP contribution in [0.4, 0.5) is 0 Å². The van der Waals surface area contributed by atoms with Gasteiger partial charge in [-0.3, -0.25) is 4.57 Å². The molecule has 4 nitrogen and oxygen atoms in total. The first kappa shape index (κ1) is 25.9. The van der Waals surface area contributed by atoms with E-state index in [1.165, 1.54) is 60.3 Å². The summed E-state index contributed by atoms with van der Waals surface area (Å²) >= 11 is 0. The van der Waals surface area contributed by atoms with Crippen LogP contribution < -0.4 is 0 Å². The summed E-state index contributed by atoms with van der Waals surface area (Å²) in [5, 5.41) is 6.24. The Bertz CT molecular complexity index is 2620. The van der Waals surface area contributed by atoms with Crippen molar-refractivity contribution in [2.24, 2.45) is 0 Å². The number of benzene rings is 7. The van der Waals surface area contributed by atoms with Crippen LogP contribution in [0.1, 0.15) is 0 Å². The lowest BCUT2D eigenvalue weighted by molar-refractivity contribution is 0.934. The van der Waals surface area contributed by atoms with Gasteiger partial charge in [-0.15, -0.1) is 0 Å². The third kappa shape index (κ3) is 3.85. The summed E-state index contributed by atoms with van der Waals surface area (Å²) in [6, 6.07) is 53.4. The Morgan fingerprint density at radius 2 is 0.851 bits per heavy atom. The van der Waals surface area contributed by atoms with Gasteiger partial charge in [0.05, 0.1) is 5.52 Å². The van der Waals surface area contributed by atoms with Gasteiger partial charge in [0.2, 0.25) is 5.95 Å². The normalized spacial score (nSPS) is 11.8. The largest absolute Gasteiger partial charge is 0.285 e. The van der Waals surface area contributed by atoms with Crippen LogP contribution in [-0.2, 0) is 0 Å². The monoisotopic (exact) mass is 598 g/mol. The van der Waals surface area contributed by atoms with Gasteiger partial charge in [0.1, 0.15) is 0 Å². The average molecular weight is 599 g/mol. The molecule has 1 aliphatic rings. The lowest BCUT2D eigenvalue weighted by Gasteiger charge is -2.18. The molecular formula is C43H26N4. The Hall–Kier alpha value is -6.39. The number of rotatable bonds is 3. The van der Waals surface area contributed by atoms with Crippen LogP contribution in [0.15, 0.2) is 158 Å². The molecule has 0 saturated heterocycles. The maximum Gasteiger partial charge on any atom is 0.238 e. The first-order chi connectivity index (χ1) is 23.3. The third-order valence-corrected chi connectivity index (χ3v) is 9.42. The van der Waals surface area contributed by atoms with E-state index in [9.17, 15) is 0 Å². The highest BCUT2D eigenvalue weighted by Gasteiger charge is 2.28. The molecule has 10 rings (SSSR count). The average Bonchev–Trinajstić information content (AvgIpc) is 3.49. The van der Waals surface area contributed by atoms with Crippen molar-refractivity contribution in [1.82, 2.24) is 19.5 Å². The lowest BCUT2D eigenvalue weighted by atomic mass is 9.85. The van der Waals surface area contributed by atoms with Crippen molar-refractivity contribution >= 4 is 32.4 Å². The summed E-state index contributed by atoms with van der Waals surface area (Å²) in [5.74, 6) is 1.88. The Balaban J connectivity index is 1.33. The molecule has 0 unspecified atom stereocenters. The van der Waals surface area contributed by atoms with E-state index in [2.05, 4.69) is 102 Å². The van der Waals surface area contributed by atoms with E-state index in [1.807, 2.05) is 60.7 Å². The molecular weight excluding hydrogens is 573 g/mol. The molecule has 2 aromatic heterocycles. The van der Waals surface area contributed by atoms with E-state index >= 15 is 0 Å². The standard InChI is InChI=1S/C43H26N4/c1-3-14-27(15-4-1)41-44-42(28-16-5-2-6-17-28)46-43(45-41)47-26-36-31-20-9-12-23-34(31)39-32-21-10-7-18-29(32)30-19-8-11-22-33(30)40(39)35-24-13-25-37(47)38(35)36/h1-26H. The molecule has 0 saturated carbocycles. The van der Waals surface area contributed by atoms with Gasteiger partial charge in [-0.1, -0.05) is 146 Å². The summed E-state index contributed by atoms with van der Waals surface area (Å²) in [7, 11) is 0. The lowest BCUT2D eigenvalue weighted by Crippen LogP contribution is -2.05. The SMILES string of the molecule is c1ccc(-c2nc(-c3ccccc3)nc(-n3cc4c5c(cccc53)-c3c(c5ccccc5c5ccccc35)-c3ccccc3-4)n2)cc1. The molecule has 0 amide bonds. The second-order valence-corrected chi connectivity index (χ2v) is 12.0. The van der Waals surface area contributed by atoms with Gasteiger partial charge in [0.15, 0.2) is 11.6 Å². The van der Waals surface area contributed by atoms with Gasteiger partial charge in [-0.05, 0) is 55.4 Å². The molecule has 0 bridgehead atoms. The minimum absolute atomic E-state index is 0.591. The highest BCUT2D eigenvalue weighted by molar-refractivity contribution is 6.27. The fraction of sp³-hybridized carbons (Fsp3) is 0. The second-order valence-electron chi connectivity index (χ2n) is 12.0. The topological polar surface area (TPSA) is 43.6 Å². The molecule has 0 N–H and O–H groups in total. The molecule has 0 aliphatic heterocycles. The van der Waals surface area contributed by atoms with Crippen LogP contribution in [0.2, 0.25) is 0 Å². The van der Waals surface area contributed by atoms with Gasteiger partial charge >= 0.3 is 0 Å². The number of fused-ring (bicyclic) bond motifs is 10. The van der Waals surface area contributed by atoms with Crippen molar-refractivity contribution in [3.8, 4) is 62.1 Å². The summed E-state index contributed by atoms with van der Waals surface area (Å²) in [5.41, 5.74) is 10.3. The molecule has 47 heavy (non-hydrogen) atoms. The zero-order valence-corrected chi connectivity index (χ0v) is 25.3. The van der Waals surface area contributed by atoms with E-state index < -0.39 is 0 Å². The van der Waals surface area contributed by atoms with Crippen LogP contribution in [-0.4, -0.2) is 19.5 Å². The van der Waals surface area contributed by atoms with E-state index in [4.69, 9.17) is 15.0 Å². The van der Waals surface area contributed by atoms with E-state index in [0.29, 0.717) is 17.6 Å². The second kappa shape index (κ2) is 10.1. The van der Waals surface area contributed by atoms with Crippen LogP contribution in [0.3, 0.4) is 0 Å². The summed E-state index contributed by atoms with van der Waals surface area (Å²) in [6.45, 7) is 0. The van der Waals surface area contributed by atoms with E-state index in [-0.39, 0.29) is 0 Å². The predicted octanol–water partition coefficient (Wildman–Crippen LogP) is 10.8. The van der Waals surface area contributed by atoms with Crippen molar-refractivity contribution in [3.63, 3.8) is 0 Å². The number of nitrogens with zero attached hydrogens (tertiary/aromatic N) is 4. The molecule has 0 radical (unpaired) electrons. The quantitative estimate of drug-likeness (QED) is 0.190. The minimum atomic E-state index is 0.591. The smallest absolute Gasteiger partial charge is 0.238 e. The third-order valence-electron chi connectivity index (χ3n) is 9.42. The molecule has 7 aromatic carbocycles. The molecule has 1 aliphatic carbocycles. The maximum atomic E-state index is 5.10. The number of hydrogen-bond acceptors (Lipinski definition) is 3. The van der Waals surface area contributed by atoms with Crippen LogP contribution in [0, 0.1) is 0 Å². The molecule has 0 atom stereocenters. The summed E-state index contributed by atoms with van der Waals surface area (Å²) in [4.78, 5) is 15.1. The predicted molar refractivity (Wildman–Crippen MR) is 192 cm³/mol. The molecule has 218 valence electrons. The van der Waals surface area contributed by atoms with Gasteiger partial charge in [0.25, 0.3) is 0 Å². The zero-order valence-electron chi connectivity index (χ0n) is 25.3. The van der Waals surface area contributed by atoms with E-state index in [1.54, 1.807) is 0 Å². The number of hydrogen-bond donors (Lipinski definition) is 0. The van der Waals surface area contributed by atoms with Gasteiger partial charge in [-0.2, -0.15) is 9.97 Å². The first-order valence-corrected chi connectivity index (χ1v) is 15.9. The van der Waals surface area contributed by atoms with Crippen LogP contribution >= 0.6 is 0 Å². The van der Waals surface area contributed by atoms with Crippen molar-refractivity contribution in [2.75, 3.05) is 0 Å². The molecule has 0 fully saturated rings. The molecule has 0 spiro atoms. The Kier molecular flexibility index (Phi) is 5.54.